The van der Waals surface area contributed by atoms with Gasteiger partial charge in [-0.15, -0.1) is 0 Å². The van der Waals surface area contributed by atoms with Gasteiger partial charge in [-0.05, 0) is 68.5 Å². The number of esters is 2. The molecule has 2 aromatic carbocycles. The molecule has 2 aliphatic rings. The Kier molecular flexibility index (Phi) is 8.75. The minimum absolute atomic E-state index is 0.0207. The summed E-state index contributed by atoms with van der Waals surface area (Å²) in [6.45, 7) is 5.05. The number of nitrogens with zero attached hydrogens (tertiary/aromatic N) is 2. The van der Waals surface area contributed by atoms with Crippen molar-refractivity contribution in [3.63, 3.8) is 0 Å². The largest absolute Gasteiger partial charge is 0.456 e. The summed E-state index contributed by atoms with van der Waals surface area (Å²) in [7, 11) is 0. The van der Waals surface area contributed by atoms with Gasteiger partial charge < -0.3 is 9.47 Å². The zero-order chi connectivity index (χ0) is 29.8. The van der Waals surface area contributed by atoms with E-state index in [1.165, 1.54) is 48.5 Å². The molecule has 2 aromatic rings. The first kappa shape index (κ1) is 29.3. The molecule has 0 aromatic heterocycles. The number of nitro groups is 1. The Bertz CT molecular complexity index is 1410. The number of hydrogen-bond acceptors (Lipinski definition) is 9. The summed E-state index contributed by atoms with van der Waals surface area (Å²) in [5.41, 5.74) is 1.17. The summed E-state index contributed by atoms with van der Waals surface area (Å²) in [6, 6.07) is 9.37. The number of nitro benzene ring substituents is 1. The normalized spacial score (nSPS) is 18.9. The lowest BCUT2D eigenvalue weighted by Gasteiger charge is -2.26. The first-order valence-corrected chi connectivity index (χ1v) is 13.2. The van der Waals surface area contributed by atoms with Crippen molar-refractivity contribution < 1.29 is 38.4 Å². The van der Waals surface area contributed by atoms with Crippen LogP contribution in [-0.4, -0.2) is 52.0 Å². The Morgan fingerprint density at radius 3 is 2.20 bits per heavy atom. The number of fused-ring (bicyclic) bond motifs is 1. The highest BCUT2D eigenvalue weighted by Crippen LogP contribution is 2.39. The number of amides is 2. The molecule has 41 heavy (non-hydrogen) atoms. The highest BCUT2D eigenvalue weighted by atomic mass is 16.6. The van der Waals surface area contributed by atoms with E-state index in [2.05, 4.69) is 0 Å². The van der Waals surface area contributed by atoms with Crippen molar-refractivity contribution in [2.75, 3.05) is 6.61 Å². The van der Waals surface area contributed by atoms with Crippen LogP contribution in [0.4, 0.5) is 5.69 Å². The maximum absolute atomic E-state index is 13.2. The van der Waals surface area contributed by atoms with E-state index in [9.17, 15) is 34.1 Å². The Labute approximate surface area is 236 Å². The van der Waals surface area contributed by atoms with Crippen LogP contribution in [0.1, 0.15) is 60.7 Å². The van der Waals surface area contributed by atoms with E-state index in [0.29, 0.717) is 12.8 Å². The lowest BCUT2D eigenvalue weighted by Crippen LogP contribution is -2.47. The molecule has 11 nitrogen and oxygen atoms in total. The molecule has 3 unspecified atom stereocenters. The third kappa shape index (κ3) is 6.56. The molecule has 1 heterocycles. The molecule has 1 aliphatic carbocycles. The van der Waals surface area contributed by atoms with Gasteiger partial charge in [-0.2, -0.15) is 0 Å². The zero-order valence-electron chi connectivity index (χ0n) is 22.9. The average molecular weight is 563 g/mol. The van der Waals surface area contributed by atoms with Crippen molar-refractivity contribution in [1.29, 1.82) is 0 Å². The number of ether oxygens (including phenoxy) is 2. The molecule has 0 spiro atoms. The van der Waals surface area contributed by atoms with Crippen molar-refractivity contribution >= 4 is 35.2 Å². The van der Waals surface area contributed by atoms with Crippen LogP contribution in [0, 0.1) is 27.9 Å². The number of non-ortho nitro benzene ring substituents is 1. The predicted octanol–water partition coefficient (Wildman–Crippen LogP) is 4.30. The van der Waals surface area contributed by atoms with Crippen LogP contribution >= 0.6 is 0 Å². The summed E-state index contributed by atoms with van der Waals surface area (Å²) in [4.78, 5) is 75.7. The van der Waals surface area contributed by atoms with Crippen molar-refractivity contribution in [3.05, 3.63) is 81.4 Å². The van der Waals surface area contributed by atoms with Crippen molar-refractivity contribution in [2.45, 2.75) is 46.1 Å². The Hall–Kier alpha value is -4.67. The molecular formula is C30H30N2O9. The van der Waals surface area contributed by atoms with E-state index in [4.69, 9.17) is 9.47 Å². The van der Waals surface area contributed by atoms with Gasteiger partial charge in [0.25, 0.3) is 5.69 Å². The van der Waals surface area contributed by atoms with E-state index < -0.39 is 47.1 Å². The number of benzene rings is 2. The van der Waals surface area contributed by atoms with Crippen molar-refractivity contribution in [1.82, 2.24) is 4.90 Å². The van der Waals surface area contributed by atoms with Crippen LogP contribution in [0.15, 0.2) is 60.2 Å². The lowest BCUT2D eigenvalue weighted by molar-refractivity contribution is -0.384. The van der Waals surface area contributed by atoms with Gasteiger partial charge >= 0.3 is 11.9 Å². The number of rotatable bonds is 10. The SMILES string of the molecule is CC1=CCC2C(=O)N(C(CC(C)C)C(=O)OCC(=O)c3ccc(OC(=O)c4ccc([N+](=O)[O-])cc4)cc3)C(=O)C2C1. The van der Waals surface area contributed by atoms with Crippen molar-refractivity contribution in [2.24, 2.45) is 17.8 Å². The quantitative estimate of drug-likeness (QED) is 0.0785. The molecular weight excluding hydrogens is 532 g/mol. The summed E-state index contributed by atoms with van der Waals surface area (Å²) in [6.07, 6.45) is 3.10. The molecule has 0 saturated carbocycles. The second-order valence-corrected chi connectivity index (χ2v) is 10.6. The third-order valence-corrected chi connectivity index (χ3v) is 7.18. The molecule has 1 aliphatic heterocycles. The molecule has 0 radical (unpaired) electrons. The molecule has 0 N–H and O–H groups in total. The average Bonchev–Trinajstić information content (AvgIpc) is 3.18. The number of hydrogen-bond donors (Lipinski definition) is 0. The molecule has 1 fully saturated rings. The number of allylic oxidation sites excluding steroid dienone is 2. The summed E-state index contributed by atoms with van der Waals surface area (Å²) in [5.74, 6) is -3.68. The molecule has 4 rings (SSSR count). The summed E-state index contributed by atoms with van der Waals surface area (Å²) < 4.78 is 10.6. The van der Waals surface area contributed by atoms with Gasteiger partial charge in [-0.3, -0.25) is 29.4 Å². The summed E-state index contributed by atoms with van der Waals surface area (Å²) in [5, 5.41) is 10.8. The van der Waals surface area contributed by atoms with Gasteiger partial charge in [0.15, 0.2) is 12.4 Å². The van der Waals surface area contributed by atoms with E-state index in [0.717, 1.165) is 10.5 Å². The molecule has 3 atom stereocenters. The molecule has 214 valence electrons. The summed E-state index contributed by atoms with van der Waals surface area (Å²) >= 11 is 0. The minimum atomic E-state index is -1.12. The van der Waals surface area contributed by atoms with E-state index in [-0.39, 0.29) is 46.7 Å². The number of likely N-dealkylation sites (tertiary alicyclic amines) is 1. The van der Waals surface area contributed by atoms with Gasteiger partial charge in [0.1, 0.15) is 11.8 Å². The fraction of sp³-hybridized carbons (Fsp3) is 0.367. The van der Waals surface area contributed by atoms with Gasteiger partial charge in [0, 0.05) is 17.7 Å². The number of Topliss-reactive ketones (excluding diaryl/α,β-unsaturated/α-hetero) is 1. The monoisotopic (exact) mass is 562 g/mol. The van der Waals surface area contributed by atoms with Crippen LogP contribution in [0.25, 0.3) is 0 Å². The highest BCUT2D eigenvalue weighted by Gasteiger charge is 2.52. The number of carbonyl (C=O) groups excluding carboxylic acids is 5. The zero-order valence-corrected chi connectivity index (χ0v) is 22.9. The topological polar surface area (TPSA) is 150 Å². The van der Waals surface area contributed by atoms with E-state index in [1.807, 2.05) is 26.8 Å². The second kappa shape index (κ2) is 12.2. The molecule has 0 bridgehead atoms. The van der Waals surface area contributed by atoms with Crippen LogP contribution < -0.4 is 4.74 Å². The fourth-order valence-electron chi connectivity index (χ4n) is 5.03. The maximum atomic E-state index is 13.2. The van der Waals surface area contributed by atoms with Crippen molar-refractivity contribution in [3.8, 4) is 5.75 Å². The smallest absolute Gasteiger partial charge is 0.343 e. The Morgan fingerprint density at radius 1 is 0.976 bits per heavy atom. The molecule has 1 saturated heterocycles. The third-order valence-electron chi connectivity index (χ3n) is 7.18. The van der Waals surface area contributed by atoms with Crippen LogP contribution in [-0.2, 0) is 19.1 Å². The van der Waals surface area contributed by atoms with Crippen LogP contribution in [0.3, 0.4) is 0 Å². The van der Waals surface area contributed by atoms with Gasteiger partial charge in [0.05, 0.1) is 22.3 Å². The van der Waals surface area contributed by atoms with Crippen LogP contribution in [0.2, 0.25) is 0 Å². The first-order valence-electron chi connectivity index (χ1n) is 13.2. The number of ketones is 1. The maximum Gasteiger partial charge on any atom is 0.343 e. The lowest BCUT2D eigenvalue weighted by atomic mass is 9.82. The van der Waals surface area contributed by atoms with Crippen LogP contribution in [0.5, 0.6) is 5.75 Å². The molecule has 2 amide bonds. The Morgan fingerprint density at radius 2 is 1.59 bits per heavy atom. The minimum Gasteiger partial charge on any atom is -0.456 e. The van der Waals surface area contributed by atoms with Gasteiger partial charge in [0.2, 0.25) is 11.8 Å². The predicted molar refractivity (Wildman–Crippen MR) is 145 cm³/mol. The van der Waals surface area contributed by atoms with Gasteiger partial charge in [-0.1, -0.05) is 25.5 Å². The van der Waals surface area contributed by atoms with Gasteiger partial charge in [-0.25, -0.2) is 9.59 Å². The first-order chi connectivity index (χ1) is 19.5. The molecule has 11 heteroatoms. The highest BCUT2D eigenvalue weighted by molar-refractivity contribution is 6.08. The number of imide groups is 1. The Balaban J connectivity index is 1.36. The second-order valence-electron chi connectivity index (χ2n) is 10.6. The standard InChI is InChI=1S/C30H30N2O9/c1-17(2)14-25(31-27(34)23-13-4-18(3)15-24(23)28(31)35)30(37)40-16-26(33)19-7-11-22(12-8-19)41-29(36)20-5-9-21(10-6-20)32(38)39/h4-12,17,23-25H,13-16H2,1-3H3. The van der Waals surface area contributed by atoms with E-state index in [1.54, 1.807) is 0 Å². The number of carbonyl (C=O) groups is 5. The fourth-order valence-corrected chi connectivity index (χ4v) is 5.03. The van der Waals surface area contributed by atoms with E-state index >= 15 is 0 Å².